The van der Waals surface area contributed by atoms with Gasteiger partial charge in [0.1, 0.15) is 0 Å². The van der Waals surface area contributed by atoms with E-state index in [2.05, 4.69) is 35.9 Å². The maximum Gasteiger partial charge on any atom is 0.0815 e. The highest BCUT2D eigenvalue weighted by Gasteiger charge is 2.46. The zero-order valence-corrected chi connectivity index (χ0v) is 10.2. The van der Waals surface area contributed by atoms with Gasteiger partial charge in [0.25, 0.3) is 0 Å². The zero-order chi connectivity index (χ0) is 9.64. The molecule has 1 heterocycles. The fourth-order valence-electron chi connectivity index (χ4n) is 2.04. The summed E-state index contributed by atoms with van der Waals surface area (Å²) in [5.41, 5.74) is 1.42. The van der Waals surface area contributed by atoms with Crippen molar-refractivity contribution >= 4 is 27.5 Å². The maximum absolute atomic E-state index is 6.43. The van der Waals surface area contributed by atoms with Crippen molar-refractivity contribution < 1.29 is 4.74 Å². The average molecular weight is 266 g/mol. The summed E-state index contributed by atoms with van der Waals surface area (Å²) in [4.78, 5) is 0.447. The molecule has 1 saturated carbocycles. The van der Waals surface area contributed by atoms with Crippen molar-refractivity contribution in [1.29, 1.82) is 0 Å². The van der Waals surface area contributed by atoms with Crippen LogP contribution in [-0.4, -0.2) is 22.9 Å². The molecule has 1 aliphatic carbocycles. The number of halogens is 2. The Labute approximate surface area is 92.6 Å². The quantitative estimate of drug-likeness (QED) is 0.483. The van der Waals surface area contributed by atoms with Gasteiger partial charge in [-0.3, -0.25) is 0 Å². The molecule has 13 heavy (non-hydrogen) atoms. The van der Waals surface area contributed by atoms with Crippen LogP contribution in [0.5, 0.6) is 0 Å². The molecule has 0 spiro atoms. The van der Waals surface area contributed by atoms with Crippen molar-refractivity contribution in [2.45, 2.75) is 36.6 Å². The van der Waals surface area contributed by atoms with Crippen LogP contribution in [0.3, 0.4) is 0 Å². The van der Waals surface area contributed by atoms with Crippen LogP contribution in [-0.2, 0) is 4.74 Å². The van der Waals surface area contributed by atoms with Crippen LogP contribution in [0.1, 0.15) is 20.3 Å². The first-order chi connectivity index (χ1) is 6.03. The predicted octanol–water partition coefficient (Wildman–Crippen LogP) is 3.11. The van der Waals surface area contributed by atoms with E-state index in [-0.39, 0.29) is 16.9 Å². The summed E-state index contributed by atoms with van der Waals surface area (Å²) in [6.45, 7) is 5.15. The van der Waals surface area contributed by atoms with Gasteiger partial charge < -0.3 is 4.74 Å². The first kappa shape index (κ1) is 10.0. The van der Waals surface area contributed by atoms with Crippen molar-refractivity contribution in [1.82, 2.24) is 0 Å². The topological polar surface area (TPSA) is 9.23 Å². The fraction of sp³-hybridized carbons (Fsp3) is 0.800. The molecule has 2 rings (SSSR count). The lowest BCUT2D eigenvalue weighted by Gasteiger charge is -2.42. The lowest BCUT2D eigenvalue weighted by atomic mass is 9.73. The van der Waals surface area contributed by atoms with Crippen LogP contribution in [0.4, 0.5) is 0 Å². The van der Waals surface area contributed by atoms with Gasteiger partial charge in [0.05, 0.1) is 18.1 Å². The molecule has 3 atom stereocenters. The highest BCUT2D eigenvalue weighted by atomic mass is 79.9. The molecule has 0 amide bonds. The molecule has 74 valence electrons. The summed E-state index contributed by atoms with van der Waals surface area (Å²) in [5, 5.41) is 0.109. The molecular weight excluding hydrogens is 251 g/mol. The van der Waals surface area contributed by atoms with Crippen LogP contribution in [0.2, 0.25) is 0 Å². The number of hydrogen-bond acceptors (Lipinski definition) is 1. The number of ether oxygens (including phenoxy) is 1. The second-order valence-corrected chi connectivity index (χ2v) is 5.96. The molecule has 0 bridgehead atoms. The lowest BCUT2D eigenvalue weighted by Crippen LogP contribution is -2.44. The van der Waals surface area contributed by atoms with Gasteiger partial charge in [-0.1, -0.05) is 35.9 Å². The summed E-state index contributed by atoms with van der Waals surface area (Å²) >= 11 is 10.1. The number of rotatable bonds is 0. The van der Waals surface area contributed by atoms with Crippen molar-refractivity contribution in [2.75, 3.05) is 6.61 Å². The number of hydrogen-bond donors (Lipinski definition) is 0. The van der Waals surface area contributed by atoms with Crippen molar-refractivity contribution in [3.63, 3.8) is 0 Å². The molecule has 0 saturated heterocycles. The molecule has 2 aliphatic rings. The van der Waals surface area contributed by atoms with Gasteiger partial charge in [0.2, 0.25) is 0 Å². The normalized spacial score (nSPS) is 42.8. The summed E-state index contributed by atoms with van der Waals surface area (Å²) in [5.74, 6) is 0. The molecule has 3 unspecified atom stereocenters. The molecule has 0 radical (unpaired) electrons. The van der Waals surface area contributed by atoms with Crippen LogP contribution in [0.15, 0.2) is 11.6 Å². The van der Waals surface area contributed by atoms with E-state index < -0.39 is 0 Å². The molecular formula is C10H14BrClO. The minimum absolute atomic E-state index is 0.109. The Balaban J connectivity index is 2.28. The lowest BCUT2D eigenvalue weighted by molar-refractivity contribution is 0.0861. The van der Waals surface area contributed by atoms with Gasteiger partial charge in [-0.2, -0.15) is 0 Å². The summed E-state index contributed by atoms with van der Waals surface area (Å²) in [6, 6.07) is 0. The highest BCUT2D eigenvalue weighted by Crippen LogP contribution is 2.47. The van der Waals surface area contributed by atoms with Gasteiger partial charge in [0.15, 0.2) is 0 Å². The van der Waals surface area contributed by atoms with Crippen molar-refractivity contribution in [2.24, 2.45) is 5.41 Å². The first-order valence-electron chi connectivity index (χ1n) is 4.63. The van der Waals surface area contributed by atoms with Crippen LogP contribution in [0.25, 0.3) is 0 Å². The third-order valence-corrected chi connectivity index (χ3v) is 5.53. The third-order valence-electron chi connectivity index (χ3n) is 3.16. The second kappa shape index (κ2) is 3.25. The summed E-state index contributed by atoms with van der Waals surface area (Å²) in [7, 11) is 0. The van der Waals surface area contributed by atoms with Gasteiger partial charge in [-0.15, -0.1) is 11.6 Å². The van der Waals surface area contributed by atoms with Crippen molar-refractivity contribution in [3.05, 3.63) is 11.6 Å². The van der Waals surface area contributed by atoms with Crippen LogP contribution >= 0.6 is 27.5 Å². The van der Waals surface area contributed by atoms with E-state index in [0.717, 1.165) is 13.0 Å². The standard InChI is InChI=1S/C10H14BrClO/c1-10(2)8(11)5-7-6(9(10)12)3-4-13-7/h3,7-9H,4-5H2,1-2H3. The Morgan fingerprint density at radius 2 is 2.31 bits per heavy atom. The summed E-state index contributed by atoms with van der Waals surface area (Å²) in [6.07, 6.45) is 3.45. The van der Waals surface area contributed by atoms with E-state index in [1.165, 1.54) is 5.57 Å². The second-order valence-electron chi connectivity index (χ2n) is 4.41. The average Bonchev–Trinajstić information content (AvgIpc) is 2.49. The molecule has 1 nitrogen and oxygen atoms in total. The molecule has 0 aromatic heterocycles. The molecule has 0 aromatic carbocycles. The van der Waals surface area contributed by atoms with Gasteiger partial charge >= 0.3 is 0 Å². The Morgan fingerprint density at radius 3 is 3.00 bits per heavy atom. The molecule has 1 fully saturated rings. The van der Waals surface area contributed by atoms with Crippen LogP contribution < -0.4 is 0 Å². The largest absolute Gasteiger partial charge is 0.370 e. The van der Waals surface area contributed by atoms with Crippen molar-refractivity contribution in [3.8, 4) is 0 Å². The summed E-state index contributed by atoms with van der Waals surface area (Å²) < 4.78 is 5.58. The van der Waals surface area contributed by atoms with Gasteiger partial charge in [-0.05, 0) is 17.4 Å². The van der Waals surface area contributed by atoms with E-state index in [9.17, 15) is 0 Å². The highest BCUT2D eigenvalue weighted by molar-refractivity contribution is 9.09. The zero-order valence-electron chi connectivity index (χ0n) is 7.89. The molecule has 1 aliphatic heterocycles. The van der Waals surface area contributed by atoms with E-state index in [1.807, 2.05) is 0 Å². The Bertz CT molecular complexity index is 249. The van der Waals surface area contributed by atoms with E-state index >= 15 is 0 Å². The first-order valence-corrected chi connectivity index (χ1v) is 5.98. The Hall–Kier alpha value is 0.470. The molecule has 0 N–H and O–H groups in total. The van der Waals surface area contributed by atoms with Gasteiger partial charge in [-0.25, -0.2) is 0 Å². The fourth-order valence-corrected chi connectivity index (χ4v) is 3.18. The molecule has 0 aromatic rings. The van der Waals surface area contributed by atoms with Gasteiger partial charge in [0, 0.05) is 4.83 Å². The van der Waals surface area contributed by atoms with E-state index in [4.69, 9.17) is 16.3 Å². The van der Waals surface area contributed by atoms with E-state index in [1.54, 1.807) is 0 Å². The Morgan fingerprint density at radius 1 is 1.62 bits per heavy atom. The number of fused-ring (bicyclic) bond motifs is 1. The third kappa shape index (κ3) is 1.47. The smallest absolute Gasteiger partial charge is 0.0815 e. The maximum atomic E-state index is 6.43. The minimum atomic E-state index is 0.109. The monoisotopic (exact) mass is 264 g/mol. The SMILES string of the molecule is CC1(C)C(Br)CC2OCC=C2C1Cl. The Kier molecular flexibility index (Phi) is 2.50. The van der Waals surface area contributed by atoms with Crippen LogP contribution in [0, 0.1) is 5.41 Å². The van der Waals surface area contributed by atoms with E-state index in [0.29, 0.717) is 4.83 Å². The minimum Gasteiger partial charge on any atom is -0.370 e. The number of alkyl halides is 2. The predicted molar refractivity (Wildman–Crippen MR) is 58.6 cm³/mol. The molecule has 3 heteroatoms.